The minimum absolute atomic E-state index is 0.0142. The van der Waals surface area contributed by atoms with Crippen LogP contribution in [0.3, 0.4) is 0 Å². The predicted molar refractivity (Wildman–Crippen MR) is 177 cm³/mol. The van der Waals surface area contributed by atoms with Gasteiger partial charge < -0.3 is 0 Å². The molecule has 0 aliphatic heterocycles. The summed E-state index contributed by atoms with van der Waals surface area (Å²) >= 11 is 0. The van der Waals surface area contributed by atoms with E-state index in [2.05, 4.69) is 156 Å². The van der Waals surface area contributed by atoms with Gasteiger partial charge in [0.15, 0.2) is 0 Å². The lowest BCUT2D eigenvalue weighted by Crippen LogP contribution is -2.34. The van der Waals surface area contributed by atoms with E-state index in [1.54, 1.807) is 27.8 Å². The largest absolute Gasteiger partial charge is 0.0645 e. The van der Waals surface area contributed by atoms with E-state index in [-0.39, 0.29) is 32.5 Å². The SMILES string of the molecule is CCC(c1cc(C(C)(C)C)c(C(C)(C)C)c(C(C)(C)C)c1C(C)(C)C)c1c(C(C)(C)C)cccc1C(C)(C)C. The van der Waals surface area contributed by atoms with E-state index in [1.807, 2.05) is 0 Å². The number of hydrogen-bond donors (Lipinski definition) is 0. The van der Waals surface area contributed by atoms with Crippen LogP contribution in [0.25, 0.3) is 0 Å². The predicted octanol–water partition coefficient (Wildman–Crippen LogP) is 12.0. The molecule has 0 N–H and O–H groups in total. The van der Waals surface area contributed by atoms with Gasteiger partial charge in [0.25, 0.3) is 0 Å². The second-order valence-electron chi connectivity index (χ2n) is 18.4. The molecular weight excluding hydrogens is 468 g/mol. The Morgan fingerprint density at radius 1 is 0.462 bits per heavy atom. The van der Waals surface area contributed by atoms with Crippen LogP contribution in [0.2, 0.25) is 0 Å². The van der Waals surface area contributed by atoms with Crippen LogP contribution >= 0.6 is 0 Å². The summed E-state index contributed by atoms with van der Waals surface area (Å²) in [6, 6.07) is 9.77. The maximum atomic E-state index is 2.66. The quantitative estimate of drug-likeness (QED) is 0.369. The molecule has 0 heterocycles. The van der Waals surface area contributed by atoms with Crippen LogP contribution < -0.4 is 0 Å². The fourth-order valence-electron chi connectivity index (χ4n) is 6.74. The third-order valence-corrected chi connectivity index (χ3v) is 8.27. The van der Waals surface area contributed by atoms with E-state index in [4.69, 9.17) is 0 Å². The summed E-state index contributed by atoms with van der Waals surface area (Å²) in [5, 5.41) is 0. The summed E-state index contributed by atoms with van der Waals surface area (Å²) in [6.45, 7) is 45.9. The van der Waals surface area contributed by atoms with E-state index in [0.717, 1.165) is 6.42 Å². The lowest BCUT2D eigenvalue weighted by Gasteiger charge is -2.44. The molecule has 0 nitrogen and oxygen atoms in total. The molecule has 0 fully saturated rings. The summed E-state index contributed by atoms with van der Waals surface area (Å²) in [7, 11) is 0. The van der Waals surface area contributed by atoms with Crippen molar-refractivity contribution in [2.45, 2.75) is 176 Å². The van der Waals surface area contributed by atoms with Crippen molar-refractivity contribution >= 4 is 0 Å². The zero-order chi connectivity index (χ0) is 30.7. The first-order valence-electron chi connectivity index (χ1n) is 15.5. The normalized spacial score (nSPS) is 15.1. The summed E-state index contributed by atoms with van der Waals surface area (Å²) in [4.78, 5) is 0. The fourth-order valence-corrected chi connectivity index (χ4v) is 6.74. The van der Waals surface area contributed by atoms with Crippen molar-refractivity contribution in [1.82, 2.24) is 0 Å². The molecule has 0 aliphatic carbocycles. The van der Waals surface area contributed by atoms with Crippen molar-refractivity contribution in [3.63, 3.8) is 0 Å². The second kappa shape index (κ2) is 10.4. The minimum atomic E-state index is 0.0142. The third kappa shape index (κ3) is 7.02. The van der Waals surface area contributed by atoms with Gasteiger partial charge in [-0.3, -0.25) is 0 Å². The lowest BCUT2D eigenvalue weighted by molar-refractivity contribution is 0.469. The van der Waals surface area contributed by atoms with Crippen molar-refractivity contribution < 1.29 is 0 Å². The maximum Gasteiger partial charge on any atom is 0.00957 e. The smallest absolute Gasteiger partial charge is 0.00957 e. The third-order valence-electron chi connectivity index (χ3n) is 8.27. The Balaban J connectivity index is 3.39. The second-order valence-corrected chi connectivity index (χ2v) is 18.4. The Labute approximate surface area is 244 Å². The summed E-state index contributed by atoms with van der Waals surface area (Å²) in [6.07, 6.45) is 1.08. The summed E-state index contributed by atoms with van der Waals surface area (Å²) < 4.78 is 0. The van der Waals surface area contributed by atoms with Crippen LogP contribution in [0.5, 0.6) is 0 Å². The van der Waals surface area contributed by atoms with Crippen molar-refractivity contribution in [1.29, 1.82) is 0 Å². The molecule has 2 aromatic rings. The van der Waals surface area contributed by atoms with Gasteiger partial charge in [-0.1, -0.05) is 156 Å². The van der Waals surface area contributed by atoms with Gasteiger partial charge in [-0.2, -0.15) is 0 Å². The number of benzene rings is 2. The van der Waals surface area contributed by atoms with Gasteiger partial charge in [0.1, 0.15) is 0 Å². The van der Waals surface area contributed by atoms with E-state index >= 15 is 0 Å². The molecule has 0 spiro atoms. The van der Waals surface area contributed by atoms with Gasteiger partial charge in [-0.15, -0.1) is 0 Å². The van der Waals surface area contributed by atoms with E-state index in [9.17, 15) is 0 Å². The van der Waals surface area contributed by atoms with Crippen LogP contribution in [-0.2, 0) is 32.5 Å². The molecule has 0 aromatic heterocycles. The van der Waals surface area contributed by atoms with Crippen LogP contribution in [0.1, 0.15) is 188 Å². The van der Waals surface area contributed by atoms with Crippen molar-refractivity contribution in [3.8, 4) is 0 Å². The average molecular weight is 533 g/mol. The first kappa shape index (κ1) is 33.6. The fraction of sp³-hybridized carbons (Fsp3) is 0.692. The topological polar surface area (TPSA) is 0 Å². The first-order valence-corrected chi connectivity index (χ1v) is 15.5. The molecule has 0 radical (unpaired) electrons. The molecule has 1 atom stereocenters. The Morgan fingerprint density at radius 3 is 1.10 bits per heavy atom. The highest BCUT2D eigenvalue weighted by Crippen LogP contribution is 2.51. The van der Waals surface area contributed by atoms with Crippen LogP contribution in [0.4, 0.5) is 0 Å². The molecule has 39 heavy (non-hydrogen) atoms. The average Bonchev–Trinajstić information content (AvgIpc) is 2.69. The summed E-state index contributed by atoms with van der Waals surface area (Å²) in [5.41, 5.74) is 12.6. The van der Waals surface area contributed by atoms with Crippen LogP contribution in [-0.4, -0.2) is 0 Å². The van der Waals surface area contributed by atoms with Gasteiger partial charge in [0.05, 0.1) is 0 Å². The highest BCUT2D eigenvalue weighted by atomic mass is 14.4. The highest BCUT2D eigenvalue weighted by Gasteiger charge is 2.40. The lowest BCUT2D eigenvalue weighted by atomic mass is 9.61. The Bertz CT molecular complexity index is 1130. The van der Waals surface area contributed by atoms with Crippen molar-refractivity contribution in [2.24, 2.45) is 0 Å². The number of hydrogen-bond acceptors (Lipinski definition) is 0. The van der Waals surface area contributed by atoms with Crippen LogP contribution in [0.15, 0.2) is 24.3 Å². The number of rotatable bonds is 3. The highest BCUT2D eigenvalue weighted by molar-refractivity contribution is 5.60. The molecule has 1 unspecified atom stereocenters. The molecular formula is C39H64. The van der Waals surface area contributed by atoms with E-state index in [1.165, 1.54) is 16.7 Å². The van der Waals surface area contributed by atoms with E-state index < -0.39 is 0 Å². The van der Waals surface area contributed by atoms with E-state index in [0.29, 0.717) is 5.92 Å². The molecule has 220 valence electrons. The molecule has 2 aromatic carbocycles. The zero-order valence-corrected chi connectivity index (χ0v) is 29.6. The van der Waals surface area contributed by atoms with Gasteiger partial charge in [0.2, 0.25) is 0 Å². The zero-order valence-electron chi connectivity index (χ0n) is 29.6. The molecule has 0 bridgehead atoms. The molecule has 0 saturated carbocycles. The monoisotopic (exact) mass is 533 g/mol. The first-order chi connectivity index (χ1) is 17.1. The molecule has 0 heteroatoms. The Kier molecular flexibility index (Phi) is 8.94. The van der Waals surface area contributed by atoms with Gasteiger partial charge in [0, 0.05) is 5.92 Å². The van der Waals surface area contributed by atoms with Crippen molar-refractivity contribution in [2.75, 3.05) is 0 Å². The van der Waals surface area contributed by atoms with Gasteiger partial charge in [-0.05, 0) is 83.4 Å². The Morgan fingerprint density at radius 2 is 0.821 bits per heavy atom. The standard InChI is InChI=1S/C39H64/c1-20-25(30-27(34(2,3)4)22-21-23-28(30)35(5,6)7)26-24-29(36(8,9)10)32(38(14,15)16)33(39(17,18)19)31(26)37(11,12)13/h21-25H,20H2,1-19H3. The molecule has 0 saturated heterocycles. The van der Waals surface area contributed by atoms with Gasteiger partial charge in [-0.25, -0.2) is 0 Å². The van der Waals surface area contributed by atoms with Crippen molar-refractivity contribution in [3.05, 3.63) is 68.8 Å². The Hall–Kier alpha value is -1.56. The maximum absolute atomic E-state index is 2.66. The summed E-state index contributed by atoms with van der Waals surface area (Å²) in [5.74, 6) is 0.333. The molecule has 0 aliphatic rings. The molecule has 0 amide bonds. The molecule has 2 rings (SSSR count). The van der Waals surface area contributed by atoms with Crippen LogP contribution in [0, 0.1) is 0 Å². The van der Waals surface area contributed by atoms with Gasteiger partial charge >= 0.3 is 0 Å². The minimum Gasteiger partial charge on any atom is -0.0645 e.